The number of hydrogen-bond donors (Lipinski definition) is 2. The Bertz CT molecular complexity index is 515. The number of rotatable bonds is 5. The third-order valence-corrected chi connectivity index (χ3v) is 3.76. The van der Waals surface area contributed by atoms with E-state index in [-0.39, 0.29) is 0 Å². The SMILES string of the molecule is CSc1nncc(C2=CNNC(SCCN(C)C)=N2)n1. The summed E-state index contributed by atoms with van der Waals surface area (Å²) < 4.78 is 0. The molecule has 20 heavy (non-hydrogen) atoms. The molecule has 0 saturated carbocycles. The van der Waals surface area contributed by atoms with E-state index in [0.29, 0.717) is 10.9 Å². The molecule has 1 aromatic rings. The lowest BCUT2D eigenvalue weighted by molar-refractivity contribution is 0.437. The van der Waals surface area contributed by atoms with Crippen LogP contribution in [0.4, 0.5) is 0 Å². The molecule has 7 nitrogen and oxygen atoms in total. The zero-order valence-electron chi connectivity index (χ0n) is 11.6. The Hall–Kier alpha value is -1.32. The number of nitrogens with one attached hydrogen (secondary N) is 2. The normalized spacial score (nSPS) is 14.4. The maximum Gasteiger partial charge on any atom is 0.209 e. The summed E-state index contributed by atoms with van der Waals surface area (Å²) in [5, 5.41) is 9.32. The van der Waals surface area contributed by atoms with Crippen molar-refractivity contribution >= 4 is 34.4 Å². The maximum absolute atomic E-state index is 4.53. The Balaban J connectivity index is 2.04. The van der Waals surface area contributed by atoms with Crippen molar-refractivity contribution in [1.82, 2.24) is 30.9 Å². The van der Waals surface area contributed by atoms with Crippen LogP contribution in [-0.2, 0) is 0 Å². The van der Waals surface area contributed by atoms with Gasteiger partial charge in [0.05, 0.1) is 6.20 Å². The Morgan fingerprint density at radius 3 is 2.95 bits per heavy atom. The van der Waals surface area contributed by atoms with Crippen LogP contribution in [0.3, 0.4) is 0 Å². The van der Waals surface area contributed by atoms with E-state index in [0.717, 1.165) is 23.2 Å². The highest BCUT2D eigenvalue weighted by atomic mass is 32.2. The average molecular weight is 311 g/mol. The van der Waals surface area contributed by atoms with E-state index in [1.165, 1.54) is 11.8 Å². The summed E-state index contributed by atoms with van der Waals surface area (Å²) in [6.07, 6.45) is 5.30. The van der Waals surface area contributed by atoms with Crippen LogP contribution < -0.4 is 10.9 Å². The standard InChI is InChI=1S/C11H17N7S2/c1-18(2)4-5-20-11-15-9(7-13-17-11)8-6-12-16-10(14-8)19-3/h6-7,13H,4-5H2,1-3H3,(H,15,17). The van der Waals surface area contributed by atoms with Gasteiger partial charge in [0.2, 0.25) is 5.16 Å². The fourth-order valence-corrected chi connectivity index (χ4v) is 2.62. The minimum Gasteiger partial charge on any atom is -0.309 e. The van der Waals surface area contributed by atoms with Gasteiger partial charge in [0.15, 0.2) is 5.17 Å². The van der Waals surface area contributed by atoms with Gasteiger partial charge in [0.1, 0.15) is 11.4 Å². The van der Waals surface area contributed by atoms with E-state index in [1.807, 2.05) is 6.26 Å². The molecular formula is C11H17N7S2. The van der Waals surface area contributed by atoms with Crippen molar-refractivity contribution in [3.63, 3.8) is 0 Å². The minimum atomic E-state index is 0.638. The van der Waals surface area contributed by atoms with Crippen molar-refractivity contribution in [2.75, 3.05) is 32.6 Å². The first-order valence-electron chi connectivity index (χ1n) is 6.01. The highest BCUT2D eigenvalue weighted by molar-refractivity contribution is 8.13. The van der Waals surface area contributed by atoms with Gasteiger partial charge in [0.25, 0.3) is 0 Å². The molecule has 0 aromatic carbocycles. The molecule has 108 valence electrons. The van der Waals surface area contributed by atoms with Crippen LogP contribution in [0.25, 0.3) is 5.70 Å². The van der Waals surface area contributed by atoms with E-state index in [9.17, 15) is 0 Å². The molecule has 1 aliphatic heterocycles. The molecule has 0 radical (unpaired) electrons. The van der Waals surface area contributed by atoms with Gasteiger partial charge in [-0.25, -0.2) is 9.98 Å². The number of nitrogens with zero attached hydrogens (tertiary/aromatic N) is 5. The molecule has 0 unspecified atom stereocenters. The van der Waals surface area contributed by atoms with E-state index in [4.69, 9.17) is 0 Å². The lowest BCUT2D eigenvalue weighted by Crippen LogP contribution is -2.35. The van der Waals surface area contributed by atoms with E-state index < -0.39 is 0 Å². The van der Waals surface area contributed by atoms with Crippen LogP contribution in [0.2, 0.25) is 0 Å². The Morgan fingerprint density at radius 1 is 1.35 bits per heavy atom. The zero-order chi connectivity index (χ0) is 14.4. The third kappa shape index (κ3) is 4.36. The quantitative estimate of drug-likeness (QED) is 0.768. The molecule has 0 amide bonds. The van der Waals surface area contributed by atoms with Gasteiger partial charge in [0, 0.05) is 18.5 Å². The maximum atomic E-state index is 4.53. The first kappa shape index (κ1) is 15.1. The molecule has 0 aliphatic carbocycles. The number of aliphatic imine (C=N–C) groups is 1. The molecular weight excluding hydrogens is 294 g/mol. The third-order valence-electron chi connectivity index (χ3n) is 2.37. The van der Waals surface area contributed by atoms with Crippen molar-refractivity contribution in [3.8, 4) is 0 Å². The molecule has 0 bridgehead atoms. The second kappa shape index (κ2) is 7.46. The summed E-state index contributed by atoms with van der Waals surface area (Å²) in [4.78, 5) is 11.1. The first-order chi connectivity index (χ1) is 9.69. The van der Waals surface area contributed by atoms with E-state index >= 15 is 0 Å². The number of amidine groups is 1. The Morgan fingerprint density at radius 2 is 2.20 bits per heavy atom. The highest BCUT2D eigenvalue weighted by Gasteiger charge is 2.11. The Kier molecular flexibility index (Phi) is 5.62. The van der Waals surface area contributed by atoms with Gasteiger partial charge in [-0.05, 0) is 20.4 Å². The van der Waals surface area contributed by atoms with E-state index in [1.54, 1.807) is 24.2 Å². The molecule has 2 heterocycles. The minimum absolute atomic E-state index is 0.638. The van der Waals surface area contributed by atoms with Gasteiger partial charge in [-0.2, -0.15) is 5.10 Å². The fourth-order valence-electron chi connectivity index (χ4n) is 1.36. The lowest BCUT2D eigenvalue weighted by Gasteiger charge is -2.16. The first-order valence-corrected chi connectivity index (χ1v) is 8.22. The number of hydrogen-bond acceptors (Lipinski definition) is 9. The topological polar surface area (TPSA) is 78.3 Å². The molecule has 0 fully saturated rings. The second-order valence-corrected chi connectivity index (χ2v) is 6.05. The fraction of sp³-hybridized carbons (Fsp3) is 0.455. The van der Waals surface area contributed by atoms with Crippen LogP contribution in [0.5, 0.6) is 0 Å². The average Bonchev–Trinajstić information content (AvgIpc) is 2.47. The molecule has 0 atom stereocenters. The van der Waals surface area contributed by atoms with Gasteiger partial charge in [-0.15, -0.1) is 5.10 Å². The summed E-state index contributed by atoms with van der Waals surface area (Å²) in [7, 11) is 4.10. The van der Waals surface area contributed by atoms with Crippen molar-refractivity contribution in [1.29, 1.82) is 0 Å². The van der Waals surface area contributed by atoms with Gasteiger partial charge >= 0.3 is 0 Å². The van der Waals surface area contributed by atoms with Gasteiger partial charge in [-0.1, -0.05) is 23.5 Å². The monoisotopic (exact) mass is 311 g/mol. The van der Waals surface area contributed by atoms with Crippen LogP contribution in [0, 0.1) is 0 Å². The smallest absolute Gasteiger partial charge is 0.209 e. The largest absolute Gasteiger partial charge is 0.309 e. The van der Waals surface area contributed by atoms with Crippen molar-refractivity contribution in [2.45, 2.75) is 5.16 Å². The van der Waals surface area contributed by atoms with Crippen LogP contribution in [0.15, 0.2) is 22.5 Å². The molecule has 1 aliphatic rings. The summed E-state index contributed by atoms with van der Waals surface area (Å²) in [6.45, 7) is 0.996. The number of hydrazine groups is 1. The zero-order valence-corrected chi connectivity index (χ0v) is 13.3. The molecule has 9 heteroatoms. The van der Waals surface area contributed by atoms with Gasteiger partial charge in [-0.3, -0.25) is 5.43 Å². The van der Waals surface area contributed by atoms with Crippen LogP contribution >= 0.6 is 23.5 Å². The molecule has 2 N–H and O–H groups in total. The molecule has 0 spiro atoms. The summed E-state index contributed by atoms with van der Waals surface area (Å²) in [5.74, 6) is 0.964. The summed E-state index contributed by atoms with van der Waals surface area (Å²) in [6, 6.07) is 0. The molecule has 1 aromatic heterocycles. The predicted molar refractivity (Wildman–Crippen MR) is 84.3 cm³/mol. The Labute approximate surface area is 126 Å². The highest BCUT2D eigenvalue weighted by Crippen LogP contribution is 2.18. The van der Waals surface area contributed by atoms with Gasteiger partial charge < -0.3 is 10.3 Å². The van der Waals surface area contributed by atoms with Crippen molar-refractivity contribution < 1.29 is 0 Å². The predicted octanol–water partition coefficient (Wildman–Crippen LogP) is 0.650. The number of aromatic nitrogens is 3. The lowest BCUT2D eigenvalue weighted by atomic mass is 10.3. The summed E-state index contributed by atoms with van der Waals surface area (Å²) in [5.41, 5.74) is 7.47. The number of thioether (sulfide) groups is 2. The molecule has 2 rings (SSSR count). The van der Waals surface area contributed by atoms with Crippen LogP contribution in [0.1, 0.15) is 5.69 Å². The van der Waals surface area contributed by atoms with Crippen molar-refractivity contribution in [2.24, 2.45) is 4.99 Å². The van der Waals surface area contributed by atoms with E-state index in [2.05, 4.69) is 50.0 Å². The van der Waals surface area contributed by atoms with Crippen LogP contribution in [-0.4, -0.2) is 57.9 Å². The second-order valence-electron chi connectivity index (χ2n) is 4.20. The van der Waals surface area contributed by atoms with Crippen molar-refractivity contribution in [3.05, 3.63) is 18.1 Å². The summed E-state index contributed by atoms with van der Waals surface area (Å²) >= 11 is 3.12. The molecule has 0 saturated heterocycles.